The van der Waals surface area contributed by atoms with Crippen LogP contribution in [0.25, 0.3) is 22.3 Å². The van der Waals surface area contributed by atoms with Gasteiger partial charge < -0.3 is 25.3 Å². The number of aliphatic hydroxyl groups excluding tert-OH is 2. The van der Waals surface area contributed by atoms with Gasteiger partial charge in [0.15, 0.2) is 0 Å². The van der Waals surface area contributed by atoms with Crippen LogP contribution in [0.3, 0.4) is 0 Å². The van der Waals surface area contributed by atoms with Crippen LogP contribution >= 0.6 is 0 Å². The molecule has 0 radical (unpaired) electrons. The zero-order chi connectivity index (χ0) is 31.6. The summed E-state index contributed by atoms with van der Waals surface area (Å²) in [6.07, 6.45) is 4.08. The Kier molecular flexibility index (Phi) is 8.69. The van der Waals surface area contributed by atoms with Crippen LogP contribution < -0.4 is 10.1 Å². The minimum atomic E-state index is -4.75. The Morgan fingerprint density at radius 3 is 2.73 bits per heavy atom. The molecule has 4 aromatic heterocycles. The van der Waals surface area contributed by atoms with Gasteiger partial charge in [-0.05, 0) is 31.7 Å². The number of nitriles is 1. The predicted molar refractivity (Wildman–Crippen MR) is 153 cm³/mol. The number of likely N-dealkylation sites (tertiary alicyclic amines) is 1. The summed E-state index contributed by atoms with van der Waals surface area (Å²) >= 11 is 0. The van der Waals surface area contributed by atoms with Gasteiger partial charge in [-0.1, -0.05) is 0 Å². The molecule has 238 valence electrons. The van der Waals surface area contributed by atoms with Gasteiger partial charge >= 0.3 is 6.18 Å². The Morgan fingerprint density at radius 2 is 2.00 bits per heavy atom. The number of alkyl halides is 3. The molecule has 1 unspecified atom stereocenters. The largest absolute Gasteiger partial charge is 0.474 e. The van der Waals surface area contributed by atoms with Crippen LogP contribution in [0.15, 0.2) is 37.1 Å². The number of nitrogens with one attached hydrogen (secondary N) is 2. The monoisotopic (exact) mass is 626 g/mol. The van der Waals surface area contributed by atoms with Crippen LogP contribution in [-0.2, 0) is 18.3 Å². The summed E-state index contributed by atoms with van der Waals surface area (Å²) in [5.41, 5.74) is 1.96. The number of fused-ring (bicyclic) bond motifs is 1. The minimum Gasteiger partial charge on any atom is -0.474 e. The number of aromatic amines is 1. The number of hydrogen-bond donors (Lipinski definition) is 4. The highest BCUT2D eigenvalue weighted by Gasteiger charge is 2.48. The second-order valence-corrected chi connectivity index (χ2v) is 11.6. The standard InChI is InChI=1S/C29H33F3N10O3/c30-29(31,32)27-39-19(11-34-12-21(44)14-43)9-24(40-27)45-22-3-1-20(2-4-22)41-15-28(16-41,6-7-33)42-13-18(10-38-42)25-23-5-8-35-26(23)37-17-36-25/h5,8-10,13,17,20-22,34,43-44H,1-4,6,11-12,14-16H2,(H,35,36,37). The van der Waals surface area contributed by atoms with Crippen molar-refractivity contribution in [2.24, 2.45) is 0 Å². The Bertz CT molecular complexity index is 1650. The van der Waals surface area contributed by atoms with Gasteiger partial charge in [-0.25, -0.2) is 15.0 Å². The van der Waals surface area contributed by atoms with Crippen LogP contribution in [0, 0.1) is 11.3 Å². The maximum atomic E-state index is 13.5. The van der Waals surface area contributed by atoms with Gasteiger partial charge in [0, 0.05) is 61.6 Å². The van der Waals surface area contributed by atoms with E-state index in [2.05, 4.69) is 46.3 Å². The van der Waals surface area contributed by atoms with E-state index < -0.39 is 30.3 Å². The molecule has 13 nitrogen and oxygen atoms in total. The Labute approximate surface area is 256 Å². The second-order valence-electron chi connectivity index (χ2n) is 11.6. The summed E-state index contributed by atoms with van der Waals surface area (Å²) in [7, 11) is 0. The number of H-pyrrole nitrogens is 1. The van der Waals surface area contributed by atoms with Crippen molar-refractivity contribution in [1.82, 2.24) is 44.9 Å². The molecule has 1 atom stereocenters. The van der Waals surface area contributed by atoms with E-state index in [-0.39, 0.29) is 36.8 Å². The molecule has 2 fully saturated rings. The lowest BCUT2D eigenvalue weighted by atomic mass is 9.82. The first-order valence-corrected chi connectivity index (χ1v) is 14.7. The summed E-state index contributed by atoms with van der Waals surface area (Å²) in [5.74, 6) is -1.44. The topological polar surface area (TPSA) is 174 Å². The van der Waals surface area contributed by atoms with Gasteiger partial charge in [-0.2, -0.15) is 28.5 Å². The summed E-state index contributed by atoms with van der Waals surface area (Å²) in [6, 6.07) is 5.86. The first-order valence-electron chi connectivity index (χ1n) is 14.7. The highest BCUT2D eigenvalue weighted by Crippen LogP contribution is 2.39. The SMILES string of the molecule is N#CCC1(n2cc(-c3ncnc4[nH]ccc34)cn2)CN(C2CCC(Oc3cc(CNCC(O)CO)nc(C(F)(F)F)n3)CC2)C1. The van der Waals surface area contributed by atoms with E-state index in [1.54, 1.807) is 6.20 Å². The van der Waals surface area contributed by atoms with Gasteiger partial charge in [-0.3, -0.25) is 9.58 Å². The van der Waals surface area contributed by atoms with Crippen LogP contribution in [0.4, 0.5) is 13.2 Å². The molecular formula is C29H33F3N10O3. The molecule has 16 heteroatoms. The molecule has 0 spiro atoms. The van der Waals surface area contributed by atoms with Crippen LogP contribution in [-0.4, -0.2) is 94.3 Å². The molecular weight excluding hydrogens is 593 g/mol. The van der Waals surface area contributed by atoms with Gasteiger partial charge in [0.2, 0.25) is 11.7 Å². The van der Waals surface area contributed by atoms with Crippen LogP contribution in [0.5, 0.6) is 5.88 Å². The summed E-state index contributed by atoms with van der Waals surface area (Å²) < 4.78 is 48.2. The van der Waals surface area contributed by atoms with Crippen LogP contribution in [0.2, 0.25) is 0 Å². The zero-order valence-corrected chi connectivity index (χ0v) is 24.3. The molecule has 0 aromatic carbocycles. The number of halogens is 3. The van der Waals surface area contributed by atoms with Crippen molar-refractivity contribution in [3.63, 3.8) is 0 Å². The van der Waals surface area contributed by atoms with Gasteiger partial charge in [0.05, 0.1) is 42.8 Å². The van der Waals surface area contributed by atoms with E-state index >= 15 is 0 Å². The maximum absolute atomic E-state index is 13.5. The number of ether oxygens (including phenoxy) is 1. The van der Waals surface area contributed by atoms with Crippen molar-refractivity contribution in [1.29, 1.82) is 5.26 Å². The number of nitrogens with zero attached hydrogens (tertiary/aromatic N) is 8. The molecule has 0 amide bonds. The average molecular weight is 627 g/mol. The third kappa shape index (κ3) is 6.61. The van der Waals surface area contributed by atoms with Crippen molar-refractivity contribution in [3.05, 3.63) is 48.6 Å². The Hall–Kier alpha value is -4.17. The van der Waals surface area contributed by atoms with Crippen molar-refractivity contribution in [2.75, 3.05) is 26.2 Å². The van der Waals surface area contributed by atoms with Gasteiger partial charge in [0.25, 0.3) is 0 Å². The molecule has 1 saturated carbocycles. The zero-order valence-electron chi connectivity index (χ0n) is 24.3. The molecule has 1 aliphatic carbocycles. The van der Waals surface area contributed by atoms with E-state index in [1.165, 1.54) is 12.4 Å². The summed E-state index contributed by atoms with van der Waals surface area (Å²) in [4.78, 5) is 21.3. The number of hydrogen-bond acceptors (Lipinski definition) is 11. The fourth-order valence-corrected chi connectivity index (χ4v) is 6.14. The third-order valence-electron chi connectivity index (χ3n) is 8.45. The van der Waals surface area contributed by atoms with E-state index in [4.69, 9.17) is 9.84 Å². The average Bonchev–Trinajstić information content (AvgIpc) is 3.69. The lowest BCUT2D eigenvalue weighted by Crippen LogP contribution is -2.65. The lowest BCUT2D eigenvalue weighted by Gasteiger charge is -2.53. The van der Waals surface area contributed by atoms with Crippen molar-refractivity contribution in [3.8, 4) is 23.2 Å². The Morgan fingerprint density at radius 1 is 1.20 bits per heavy atom. The molecule has 2 aliphatic rings. The first-order chi connectivity index (χ1) is 21.7. The van der Waals surface area contributed by atoms with Crippen molar-refractivity contribution >= 4 is 11.0 Å². The third-order valence-corrected chi connectivity index (χ3v) is 8.45. The molecule has 5 heterocycles. The van der Waals surface area contributed by atoms with E-state index in [0.29, 0.717) is 32.4 Å². The first kappa shape index (κ1) is 30.8. The quantitative estimate of drug-likeness (QED) is 0.192. The highest BCUT2D eigenvalue weighted by molar-refractivity contribution is 5.90. The molecule has 1 aliphatic heterocycles. The van der Waals surface area contributed by atoms with Gasteiger partial charge in [0.1, 0.15) is 23.6 Å². The fraction of sp³-hybridized carbons (Fsp3) is 0.517. The van der Waals surface area contributed by atoms with Crippen LogP contribution in [0.1, 0.15) is 43.6 Å². The normalized spacial score (nSPS) is 20.9. The smallest absolute Gasteiger partial charge is 0.451 e. The summed E-state index contributed by atoms with van der Waals surface area (Å²) in [6.45, 7) is 0.782. The summed E-state index contributed by atoms with van der Waals surface area (Å²) in [5, 5.41) is 36.4. The molecule has 6 rings (SSSR count). The molecule has 4 aromatic rings. The minimum absolute atomic E-state index is 0.00516. The number of aromatic nitrogens is 7. The van der Waals surface area contributed by atoms with Gasteiger partial charge in [-0.15, -0.1) is 0 Å². The molecule has 4 N–H and O–H groups in total. The highest BCUT2D eigenvalue weighted by atomic mass is 19.4. The molecule has 1 saturated heterocycles. The second kappa shape index (κ2) is 12.7. The number of aliphatic hydroxyl groups is 2. The fourth-order valence-electron chi connectivity index (χ4n) is 6.14. The molecule has 45 heavy (non-hydrogen) atoms. The molecule has 0 bridgehead atoms. The maximum Gasteiger partial charge on any atom is 0.451 e. The van der Waals surface area contributed by atoms with Crippen molar-refractivity contribution < 1.29 is 28.1 Å². The lowest BCUT2D eigenvalue weighted by molar-refractivity contribution is -0.145. The van der Waals surface area contributed by atoms with E-state index in [9.17, 15) is 23.5 Å². The predicted octanol–water partition coefficient (Wildman–Crippen LogP) is 2.39. The van der Waals surface area contributed by atoms with E-state index in [0.717, 1.165) is 35.1 Å². The Balaban J connectivity index is 1.07. The number of rotatable bonds is 11. The van der Waals surface area contributed by atoms with Crippen molar-refractivity contribution in [2.45, 2.75) is 68.6 Å². The van der Waals surface area contributed by atoms with E-state index in [1.807, 2.05) is 23.1 Å².